The quantitative estimate of drug-likeness (QED) is 0.371. The number of carbonyl (C=O) groups is 1. The second-order valence-corrected chi connectivity index (χ2v) is 8.79. The van der Waals surface area contributed by atoms with Crippen molar-refractivity contribution in [1.82, 2.24) is 19.6 Å². The average Bonchev–Trinajstić information content (AvgIpc) is 3.28. The van der Waals surface area contributed by atoms with E-state index in [9.17, 15) is 4.79 Å². The maximum absolute atomic E-state index is 12.8. The number of amides is 1. The maximum Gasteiger partial charge on any atom is 0.256 e. The fourth-order valence-corrected chi connectivity index (χ4v) is 3.79. The van der Waals surface area contributed by atoms with Crippen LogP contribution in [0.15, 0.2) is 76.1 Å². The summed E-state index contributed by atoms with van der Waals surface area (Å²) in [6.45, 7) is 3.27. The van der Waals surface area contributed by atoms with Crippen LogP contribution in [0.2, 0.25) is 0 Å². The maximum atomic E-state index is 12.8. The molecule has 0 saturated heterocycles. The number of halogens is 2. The topological polar surface area (TPSA) is 64.7 Å². The number of benzene rings is 2. The molecule has 0 atom stereocenters. The highest BCUT2D eigenvalue weighted by Gasteiger charge is 2.13. The molecular formula is C22H19Br2N5O. The van der Waals surface area contributed by atoms with Gasteiger partial charge in [0.05, 0.1) is 28.2 Å². The third-order valence-corrected chi connectivity index (χ3v) is 5.54. The Morgan fingerprint density at radius 1 is 1.00 bits per heavy atom. The SMILES string of the molecule is Cc1ccc(Cn2cc(Br)c(NC(=O)c3cccc(Cn4cc(Br)cn4)c3)n2)cc1. The van der Waals surface area contributed by atoms with Gasteiger partial charge in [-0.25, -0.2) is 0 Å². The highest BCUT2D eigenvalue weighted by Crippen LogP contribution is 2.22. The van der Waals surface area contributed by atoms with E-state index in [4.69, 9.17) is 0 Å². The van der Waals surface area contributed by atoms with Crippen molar-refractivity contribution in [3.63, 3.8) is 0 Å². The van der Waals surface area contributed by atoms with Crippen molar-refractivity contribution < 1.29 is 4.79 Å². The van der Waals surface area contributed by atoms with E-state index < -0.39 is 0 Å². The van der Waals surface area contributed by atoms with Crippen LogP contribution in [-0.2, 0) is 13.1 Å². The van der Waals surface area contributed by atoms with Gasteiger partial charge in [0.15, 0.2) is 5.82 Å². The third-order valence-electron chi connectivity index (χ3n) is 4.55. The van der Waals surface area contributed by atoms with Gasteiger partial charge >= 0.3 is 0 Å². The zero-order valence-corrected chi connectivity index (χ0v) is 19.4. The number of aryl methyl sites for hydroxylation is 1. The molecule has 0 unspecified atom stereocenters. The van der Waals surface area contributed by atoms with Crippen LogP contribution in [0.1, 0.15) is 27.0 Å². The highest BCUT2D eigenvalue weighted by atomic mass is 79.9. The van der Waals surface area contributed by atoms with E-state index in [0.29, 0.717) is 24.5 Å². The molecule has 0 fully saturated rings. The predicted molar refractivity (Wildman–Crippen MR) is 124 cm³/mol. The summed E-state index contributed by atoms with van der Waals surface area (Å²) in [5, 5.41) is 11.7. The van der Waals surface area contributed by atoms with Gasteiger partial charge in [0.2, 0.25) is 0 Å². The molecule has 0 aliphatic heterocycles. The van der Waals surface area contributed by atoms with Crippen molar-refractivity contribution in [2.75, 3.05) is 5.32 Å². The Morgan fingerprint density at radius 2 is 1.77 bits per heavy atom. The molecule has 0 radical (unpaired) electrons. The Bertz CT molecular complexity index is 1180. The lowest BCUT2D eigenvalue weighted by atomic mass is 10.1. The number of aromatic nitrogens is 4. The second kappa shape index (κ2) is 8.97. The minimum absolute atomic E-state index is 0.209. The number of nitrogens with one attached hydrogen (secondary N) is 1. The van der Waals surface area contributed by atoms with Crippen LogP contribution in [-0.4, -0.2) is 25.5 Å². The van der Waals surface area contributed by atoms with Gasteiger partial charge in [-0.1, -0.05) is 42.0 Å². The number of carbonyl (C=O) groups excluding carboxylic acids is 1. The first-order valence-corrected chi connectivity index (χ1v) is 10.9. The number of anilines is 1. The molecule has 152 valence electrons. The van der Waals surface area contributed by atoms with Crippen LogP contribution >= 0.6 is 31.9 Å². The van der Waals surface area contributed by atoms with Gasteiger partial charge in [-0.15, -0.1) is 0 Å². The van der Waals surface area contributed by atoms with E-state index in [0.717, 1.165) is 20.1 Å². The first-order chi connectivity index (χ1) is 14.5. The average molecular weight is 529 g/mol. The largest absolute Gasteiger partial charge is 0.304 e. The van der Waals surface area contributed by atoms with Crippen molar-refractivity contribution in [1.29, 1.82) is 0 Å². The molecule has 1 amide bonds. The normalized spacial score (nSPS) is 10.9. The Labute approximate surface area is 191 Å². The number of hydrogen-bond donors (Lipinski definition) is 1. The molecule has 30 heavy (non-hydrogen) atoms. The Morgan fingerprint density at radius 3 is 2.50 bits per heavy atom. The van der Waals surface area contributed by atoms with Crippen molar-refractivity contribution in [3.8, 4) is 0 Å². The first-order valence-electron chi connectivity index (χ1n) is 9.33. The van der Waals surface area contributed by atoms with Gasteiger partial charge in [0.25, 0.3) is 5.91 Å². The van der Waals surface area contributed by atoms with E-state index in [-0.39, 0.29) is 5.91 Å². The van der Waals surface area contributed by atoms with Gasteiger partial charge in [-0.05, 0) is 62.0 Å². The van der Waals surface area contributed by atoms with Crippen molar-refractivity contribution >= 4 is 43.6 Å². The zero-order valence-electron chi connectivity index (χ0n) is 16.2. The molecule has 2 aromatic carbocycles. The smallest absolute Gasteiger partial charge is 0.256 e. The van der Waals surface area contributed by atoms with Crippen LogP contribution in [0.4, 0.5) is 5.82 Å². The molecule has 0 aliphatic carbocycles. The van der Waals surface area contributed by atoms with Gasteiger partial charge in [-0.2, -0.15) is 10.2 Å². The fraction of sp³-hybridized carbons (Fsp3) is 0.136. The number of nitrogens with zero attached hydrogens (tertiary/aromatic N) is 4. The molecule has 0 spiro atoms. The van der Waals surface area contributed by atoms with Gasteiger partial charge < -0.3 is 5.32 Å². The number of hydrogen-bond acceptors (Lipinski definition) is 3. The Kier molecular flexibility index (Phi) is 6.15. The molecule has 2 aromatic heterocycles. The summed E-state index contributed by atoms with van der Waals surface area (Å²) in [4.78, 5) is 12.8. The summed E-state index contributed by atoms with van der Waals surface area (Å²) >= 11 is 6.88. The van der Waals surface area contributed by atoms with E-state index in [1.54, 1.807) is 16.9 Å². The van der Waals surface area contributed by atoms with Crippen molar-refractivity contribution in [2.45, 2.75) is 20.0 Å². The molecule has 2 heterocycles. The lowest BCUT2D eigenvalue weighted by molar-refractivity contribution is 0.102. The summed E-state index contributed by atoms with van der Waals surface area (Å²) in [5.74, 6) is 0.285. The summed E-state index contributed by atoms with van der Waals surface area (Å²) in [6.07, 6.45) is 5.49. The van der Waals surface area contributed by atoms with Crippen LogP contribution in [0.25, 0.3) is 0 Å². The molecule has 4 rings (SSSR count). The minimum atomic E-state index is -0.209. The van der Waals surface area contributed by atoms with Crippen molar-refractivity contribution in [2.24, 2.45) is 0 Å². The summed E-state index contributed by atoms with van der Waals surface area (Å²) in [7, 11) is 0. The van der Waals surface area contributed by atoms with Crippen LogP contribution in [0.5, 0.6) is 0 Å². The molecule has 6 nitrogen and oxygen atoms in total. The molecule has 0 bridgehead atoms. The van der Waals surface area contributed by atoms with Gasteiger partial charge in [-0.3, -0.25) is 14.2 Å². The molecule has 1 N–H and O–H groups in total. The minimum Gasteiger partial charge on any atom is -0.304 e. The van der Waals surface area contributed by atoms with Gasteiger partial charge in [0, 0.05) is 18.0 Å². The summed E-state index contributed by atoms with van der Waals surface area (Å²) in [5.41, 5.74) is 3.92. The standard InChI is InChI=1S/C22H19Br2N5O/c1-15-5-7-16(8-6-15)11-29-14-20(24)21(27-29)26-22(30)18-4-2-3-17(9-18)12-28-13-19(23)10-25-28/h2-10,13-14H,11-12H2,1H3,(H,26,27,30). The molecule has 8 heteroatoms. The van der Waals surface area contributed by atoms with Crippen LogP contribution in [0, 0.1) is 6.92 Å². The Balaban J connectivity index is 1.45. The summed E-state index contributed by atoms with van der Waals surface area (Å²) in [6, 6.07) is 15.8. The lowest BCUT2D eigenvalue weighted by Crippen LogP contribution is -2.14. The number of rotatable bonds is 6. The zero-order chi connectivity index (χ0) is 21.1. The van der Waals surface area contributed by atoms with Gasteiger partial charge in [0.1, 0.15) is 0 Å². The monoisotopic (exact) mass is 527 g/mol. The second-order valence-electron chi connectivity index (χ2n) is 7.02. The molecule has 4 aromatic rings. The predicted octanol–water partition coefficient (Wildman–Crippen LogP) is 5.26. The molecular weight excluding hydrogens is 510 g/mol. The van der Waals surface area contributed by atoms with Crippen LogP contribution < -0.4 is 5.32 Å². The fourth-order valence-electron chi connectivity index (χ4n) is 3.05. The highest BCUT2D eigenvalue weighted by molar-refractivity contribution is 9.10. The lowest BCUT2D eigenvalue weighted by Gasteiger charge is -2.06. The summed E-state index contributed by atoms with van der Waals surface area (Å²) < 4.78 is 5.27. The van der Waals surface area contributed by atoms with E-state index in [1.165, 1.54) is 5.56 Å². The molecule has 0 aliphatic rings. The van der Waals surface area contributed by atoms with E-state index >= 15 is 0 Å². The first kappa shape index (κ1) is 20.6. The molecule has 0 saturated carbocycles. The van der Waals surface area contributed by atoms with E-state index in [1.807, 2.05) is 35.3 Å². The van der Waals surface area contributed by atoms with Crippen molar-refractivity contribution in [3.05, 3.63) is 98.3 Å². The Hall–Kier alpha value is -2.71. The van der Waals surface area contributed by atoms with Crippen LogP contribution in [0.3, 0.4) is 0 Å². The third kappa shape index (κ3) is 5.06. The van der Waals surface area contributed by atoms with E-state index in [2.05, 4.69) is 78.6 Å².